The molecular weight excluding hydrogens is 208 g/mol. The Labute approximate surface area is 105 Å². The second kappa shape index (κ2) is 8.04. The summed E-state index contributed by atoms with van der Waals surface area (Å²) in [6.45, 7) is 5.38. The lowest BCUT2D eigenvalue weighted by molar-refractivity contribution is 0.396. The topological polar surface area (TPSA) is 15.3 Å². The van der Waals surface area contributed by atoms with Crippen LogP contribution < -0.4 is 5.32 Å². The van der Waals surface area contributed by atoms with Crippen LogP contribution in [0.25, 0.3) is 6.08 Å². The highest BCUT2D eigenvalue weighted by Gasteiger charge is 1.93. The highest BCUT2D eigenvalue weighted by Crippen LogP contribution is 2.04. The van der Waals surface area contributed by atoms with Crippen LogP contribution in [0.2, 0.25) is 0 Å². The van der Waals surface area contributed by atoms with Crippen LogP contribution in [0.4, 0.5) is 0 Å². The number of nitrogens with zero attached hydrogens (tertiary/aromatic N) is 1. The molecule has 0 atom stereocenters. The van der Waals surface area contributed by atoms with Crippen molar-refractivity contribution < 1.29 is 0 Å². The Morgan fingerprint density at radius 2 is 1.94 bits per heavy atom. The summed E-state index contributed by atoms with van der Waals surface area (Å²) in [5.41, 5.74) is 2.65. The van der Waals surface area contributed by atoms with Gasteiger partial charge in [-0.2, -0.15) is 0 Å². The van der Waals surface area contributed by atoms with Crippen LogP contribution in [0, 0.1) is 0 Å². The van der Waals surface area contributed by atoms with Gasteiger partial charge < -0.3 is 10.2 Å². The van der Waals surface area contributed by atoms with Crippen LogP contribution in [-0.2, 0) is 0 Å². The van der Waals surface area contributed by atoms with Crippen molar-refractivity contribution in [3.8, 4) is 0 Å². The standard InChI is InChI=1S/C15H24N2/c1-14(12-15-8-5-4-6-9-15)13-16-10-7-11-17(2)3/h4-6,8-9,12,16H,7,10-11,13H2,1-3H3/b14-12+. The van der Waals surface area contributed by atoms with Crippen LogP contribution in [-0.4, -0.2) is 38.6 Å². The number of hydrogen-bond donors (Lipinski definition) is 1. The molecular formula is C15H24N2. The van der Waals surface area contributed by atoms with Crippen molar-refractivity contribution in [3.05, 3.63) is 41.5 Å². The number of hydrogen-bond acceptors (Lipinski definition) is 2. The molecule has 17 heavy (non-hydrogen) atoms. The average Bonchev–Trinajstić information content (AvgIpc) is 2.29. The zero-order valence-corrected chi connectivity index (χ0v) is 11.2. The molecule has 0 aromatic heterocycles. The SMILES string of the molecule is C/C(=C\c1ccccc1)CNCCCN(C)C. The van der Waals surface area contributed by atoms with Crippen LogP contribution in [0.1, 0.15) is 18.9 Å². The molecule has 1 aromatic rings. The Kier molecular flexibility index (Phi) is 6.60. The van der Waals surface area contributed by atoms with Crippen molar-refractivity contribution in [3.63, 3.8) is 0 Å². The minimum absolute atomic E-state index is 0.975. The third-order valence-corrected chi connectivity index (χ3v) is 2.58. The lowest BCUT2D eigenvalue weighted by atomic mass is 10.1. The van der Waals surface area contributed by atoms with Crippen LogP contribution in [0.3, 0.4) is 0 Å². The largest absolute Gasteiger partial charge is 0.313 e. The molecule has 0 saturated heterocycles. The van der Waals surface area contributed by atoms with Gasteiger partial charge >= 0.3 is 0 Å². The molecule has 0 spiro atoms. The quantitative estimate of drug-likeness (QED) is 0.727. The number of benzene rings is 1. The van der Waals surface area contributed by atoms with E-state index in [1.54, 1.807) is 0 Å². The van der Waals surface area contributed by atoms with E-state index in [0.29, 0.717) is 0 Å². The Morgan fingerprint density at radius 3 is 2.59 bits per heavy atom. The third kappa shape index (κ3) is 6.93. The molecule has 0 bridgehead atoms. The van der Waals surface area contributed by atoms with E-state index in [1.165, 1.54) is 17.6 Å². The molecule has 0 saturated carbocycles. The lowest BCUT2D eigenvalue weighted by Crippen LogP contribution is -2.22. The summed E-state index contributed by atoms with van der Waals surface area (Å²) in [6, 6.07) is 10.5. The van der Waals surface area contributed by atoms with Gasteiger partial charge in [0, 0.05) is 6.54 Å². The van der Waals surface area contributed by atoms with E-state index in [0.717, 1.165) is 19.6 Å². The van der Waals surface area contributed by atoms with Gasteiger partial charge in [0.2, 0.25) is 0 Å². The molecule has 2 nitrogen and oxygen atoms in total. The second-order valence-corrected chi connectivity index (χ2v) is 4.73. The monoisotopic (exact) mass is 232 g/mol. The average molecular weight is 232 g/mol. The van der Waals surface area contributed by atoms with Gasteiger partial charge in [0.25, 0.3) is 0 Å². The van der Waals surface area contributed by atoms with Gasteiger partial charge in [-0.25, -0.2) is 0 Å². The summed E-state index contributed by atoms with van der Waals surface area (Å²) in [6.07, 6.45) is 3.44. The fraction of sp³-hybridized carbons (Fsp3) is 0.467. The highest BCUT2D eigenvalue weighted by atomic mass is 15.0. The predicted octanol–water partition coefficient (Wildman–Crippen LogP) is 2.63. The van der Waals surface area contributed by atoms with Gasteiger partial charge in [-0.15, -0.1) is 0 Å². The molecule has 0 unspecified atom stereocenters. The molecule has 1 aromatic carbocycles. The van der Waals surface area contributed by atoms with Crippen molar-refractivity contribution in [1.29, 1.82) is 0 Å². The van der Waals surface area contributed by atoms with E-state index in [2.05, 4.69) is 61.6 Å². The fourth-order valence-electron chi connectivity index (χ4n) is 1.69. The predicted molar refractivity (Wildman–Crippen MR) is 76.1 cm³/mol. The molecule has 0 heterocycles. The Balaban J connectivity index is 2.21. The van der Waals surface area contributed by atoms with Crippen molar-refractivity contribution in [2.24, 2.45) is 0 Å². The van der Waals surface area contributed by atoms with Crippen molar-refractivity contribution >= 4 is 6.08 Å². The van der Waals surface area contributed by atoms with Gasteiger partial charge in [-0.3, -0.25) is 0 Å². The first-order valence-corrected chi connectivity index (χ1v) is 6.26. The first-order valence-electron chi connectivity index (χ1n) is 6.26. The molecule has 0 aliphatic heterocycles. The van der Waals surface area contributed by atoms with Crippen molar-refractivity contribution in [2.45, 2.75) is 13.3 Å². The zero-order chi connectivity index (χ0) is 12.5. The van der Waals surface area contributed by atoms with Gasteiger partial charge in [0.1, 0.15) is 0 Å². The molecule has 0 aliphatic rings. The maximum atomic E-state index is 3.47. The van der Waals surface area contributed by atoms with E-state index in [1.807, 2.05) is 6.07 Å². The summed E-state index contributed by atoms with van der Waals surface area (Å²) in [4.78, 5) is 2.22. The molecule has 0 radical (unpaired) electrons. The van der Waals surface area contributed by atoms with Gasteiger partial charge in [-0.05, 0) is 46.1 Å². The Bertz CT molecular complexity index is 328. The van der Waals surface area contributed by atoms with Gasteiger partial charge in [0.15, 0.2) is 0 Å². The minimum Gasteiger partial charge on any atom is -0.313 e. The fourth-order valence-corrected chi connectivity index (χ4v) is 1.69. The molecule has 0 aliphatic carbocycles. The Morgan fingerprint density at radius 1 is 1.24 bits per heavy atom. The van der Waals surface area contributed by atoms with Gasteiger partial charge in [0.05, 0.1) is 0 Å². The van der Waals surface area contributed by atoms with Crippen LogP contribution in [0.5, 0.6) is 0 Å². The molecule has 1 N–H and O–H groups in total. The van der Waals surface area contributed by atoms with E-state index in [4.69, 9.17) is 0 Å². The molecule has 2 heteroatoms. The third-order valence-electron chi connectivity index (χ3n) is 2.58. The van der Waals surface area contributed by atoms with E-state index in [-0.39, 0.29) is 0 Å². The van der Waals surface area contributed by atoms with E-state index >= 15 is 0 Å². The second-order valence-electron chi connectivity index (χ2n) is 4.73. The summed E-state index contributed by atoms with van der Waals surface area (Å²) >= 11 is 0. The highest BCUT2D eigenvalue weighted by molar-refractivity contribution is 5.52. The summed E-state index contributed by atoms with van der Waals surface area (Å²) < 4.78 is 0. The zero-order valence-electron chi connectivity index (χ0n) is 11.2. The summed E-state index contributed by atoms with van der Waals surface area (Å²) in [5.74, 6) is 0. The maximum absolute atomic E-state index is 3.47. The van der Waals surface area contributed by atoms with E-state index < -0.39 is 0 Å². The molecule has 0 fully saturated rings. The Hall–Kier alpha value is -1.12. The van der Waals surface area contributed by atoms with Crippen LogP contribution in [0.15, 0.2) is 35.9 Å². The van der Waals surface area contributed by atoms with Gasteiger partial charge in [-0.1, -0.05) is 42.0 Å². The van der Waals surface area contributed by atoms with E-state index in [9.17, 15) is 0 Å². The summed E-state index contributed by atoms with van der Waals surface area (Å²) in [7, 11) is 4.22. The summed E-state index contributed by atoms with van der Waals surface area (Å²) in [5, 5.41) is 3.47. The number of rotatable bonds is 7. The number of nitrogens with one attached hydrogen (secondary N) is 1. The van der Waals surface area contributed by atoms with Crippen molar-refractivity contribution in [1.82, 2.24) is 10.2 Å². The molecule has 94 valence electrons. The first-order chi connectivity index (χ1) is 8.18. The van der Waals surface area contributed by atoms with Crippen molar-refractivity contribution in [2.75, 3.05) is 33.7 Å². The molecule has 1 rings (SSSR count). The molecule has 0 amide bonds. The first kappa shape index (κ1) is 13.9. The lowest BCUT2D eigenvalue weighted by Gasteiger charge is -2.10. The maximum Gasteiger partial charge on any atom is 0.0165 e. The minimum atomic E-state index is 0.975. The smallest absolute Gasteiger partial charge is 0.0165 e. The van der Waals surface area contributed by atoms with Crippen LogP contribution >= 0.6 is 0 Å². The normalized spacial score (nSPS) is 12.1.